The number of aromatic nitrogens is 1. The molecule has 78 valence electrons. The molecule has 16 heavy (non-hydrogen) atoms. The first-order valence-corrected chi connectivity index (χ1v) is 4.51. The van der Waals surface area contributed by atoms with Crippen molar-refractivity contribution < 1.29 is 64.3 Å². The van der Waals surface area contributed by atoms with Gasteiger partial charge in [-0.15, -0.1) is 0 Å². The molecule has 0 radical (unpaired) electrons. The van der Waals surface area contributed by atoms with Crippen molar-refractivity contribution in [1.82, 2.24) is 4.98 Å². The minimum atomic E-state index is -4.94. The van der Waals surface area contributed by atoms with Gasteiger partial charge in [0.1, 0.15) is 0 Å². The Labute approximate surface area is 134 Å². The standard InChI is InChI=1S/C10H8BF3N.K/c12-11(13,14)10-6-9(7-15-10)8-4-2-1-3-5-8;/h1-7,15H;/q-1;+1. The minimum Gasteiger partial charge on any atom is -0.444 e. The molecule has 0 fully saturated rings. The summed E-state index contributed by atoms with van der Waals surface area (Å²) in [5.41, 5.74) is 0.679. The van der Waals surface area contributed by atoms with Crippen LogP contribution in [0, 0.1) is 0 Å². The molecule has 2 aromatic rings. The van der Waals surface area contributed by atoms with Gasteiger partial charge in [-0.2, -0.15) is 0 Å². The van der Waals surface area contributed by atoms with Crippen LogP contribution in [-0.4, -0.2) is 12.0 Å². The summed E-state index contributed by atoms with van der Waals surface area (Å²) in [4.78, 5) is 2.25. The van der Waals surface area contributed by atoms with E-state index in [-0.39, 0.29) is 51.4 Å². The molecule has 0 atom stereocenters. The summed E-state index contributed by atoms with van der Waals surface area (Å²) in [7, 11) is 0. The molecule has 0 unspecified atom stereocenters. The number of H-pyrrole nitrogens is 1. The molecule has 1 aromatic heterocycles. The molecule has 0 bridgehead atoms. The molecule has 6 heteroatoms. The summed E-state index contributed by atoms with van der Waals surface area (Å²) >= 11 is 0. The van der Waals surface area contributed by atoms with E-state index in [4.69, 9.17) is 0 Å². The third kappa shape index (κ3) is 3.24. The van der Waals surface area contributed by atoms with Gasteiger partial charge < -0.3 is 17.9 Å². The van der Waals surface area contributed by atoms with Crippen LogP contribution in [-0.2, 0) is 0 Å². The Hall–Kier alpha value is -0.00870. The molecule has 0 saturated heterocycles. The van der Waals surface area contributed by atoms with Gasteiger partial charge in [0.15, 0.2) is 0 Å². The predicted octanol–water partition coefficient (Wildman–Crippen LogP) is -0.260. The van der Waals surface area contributed by atoms with Crippen molar-refractivity contribution >= 4 is 12.6 Å². The van der Waals surface area contributed by atoms with E-state index in [1.807, 2.05) is 6.07 Å². The fraction of sp³-hybridized carbons (Fsp3) is 0. The number of hydrogen-bond donors (Lipinski definition) is 1. The Morgan fingerprint density at radius 3 is 2.06 bits per heavy atom. The summed E-state index contributed by atoms with van der Waals surface area (Å²) < 4.78 is 37.0. The zero-order valence-corrected chi connectivity index (χ0v) is 11.9. The fourth-order valence-electron chi connectivity index (χ4n) is 1.40. The van der Waals surface area contributed by atoms with Crippen LogP contribution in [0.3, 0.4) is 0 Å². The van der Waals surface area contributed by atoms with Crippen molar-refractivity contribution in [3.05, 3.63) is 42.6 Å². The minimum absolute atomic E-state index is 0. The van der Waals surface area contributed by atoms with Crippen molar-refractivity contribution in [3.63, 3.8) is 0 Å². The van der Waals surface area contributed by atoms with Crippen LogP contribution in [0.5, 0.6) is 0 Å². The second-order valence-electron chi connectivity index (χ2n) is 3.28. The maximum Gasteiger partial charge on any atom is 1.00 e. The first kappa shape index (κ1) is 14.1. The molecular weight excluding hydrogens is 241 g/mol. The zero-order chi connectivity index (χ0) is 10.9. The Morgan fingerprint density at radius 1 is 0.938 bits per heavy atom. The van der Waals surface area contributed by atoms with E-state index in [1.165, 1.54) is 6.20 Å². The number of benzene rings is 1. The van der Waals surface area contributed by atoms with Gasteiger partial charge in [-0.3, -0.25) is 0 Å². The van der Waals surface area contributed by atoms with Crippen LogP contribution in [0.25, 0.3) is 11.1 Å². The van der Waals surface area contributed by atoms with Gasteiger partial charge in [0.05, 0.1) is 0 Å². The van der Waals surface area contributed by atoms with E-state index in [2.05, 4.69) is 4.98 Å². The molecule has 2 rings (SSSR count). The second-order valence-corrected chi connectivity index (χ2v) is 3.28. The maximum absolute atomic E-state index is 12.3. The van der Waals surface area contributed by atoms with E-state index < -0.39 is 12.6 Å². The maximum atomic E-state index is 12.3. The largest absolute Gasteiger partial charge is 1.00 e. The van der Waals surface area contributed by atoms with E-state index in [9.17, 15) is 12.9 Å². The molecule has 0 aliphatic carbocycles. The zero-order valence-electron chi connectivity index (χ0n) is 8.75. The number of nitrogens with one attached hydrogen (secondary N) is 1. The molecule has 1 nitrogen and oxygen atoms in total. The van der Waals surface area contributed by atoms with Crippen LogP contribution >= 0.6 is 0 Å². The van der Waals surface area contributed by atoms with Crippen molar-refractivity contribution in [1.29, 1.82) is 0 Å². The molecule has 0 aliphatic heterocycles. The Morgan fingerprint density at radius 2 is 1.56 bits per heavy atom. The first-order valence-electron chi connectivity index (χ1n) is 4.51. The van der Waals surface area contributed by atoms with Crippen LogP contribution in [0.2, 0.25) is 0 Å². The van der Waals surface area contributed by atoms with Crippen molar-refractivity contribution in [2.45, 2.75) is 0 Å². The summed E-state index contributed by atoms with van der Waals surface area (Å²) in [6.07, 6.45) is 1.37. The van der Waals surface area contributed by atoms with Gasteiger partial charge >= 0.3 is 58.4 Å². The third-order valence-corrected chi connectivity index (χ3v) is 2.17. The summed E-state index contributed by atoms with van der Waals surface area (Å²) in [6, 6.07) is 10.1. The van der Waals surface area contributed by atoms with Gasteiger partial charge in [0, 0.05) is 6.20 Å². The number of hydrogen-bond acceptors (Lipinski definition) is 0. The average molecular weight is 249 g/mol. The third-order valence-electron chi connectivity index (χ3n) is 2.17. The predicted molar refractivity (Wildman–Crippen MR) is 54.9 cm³/mol. The summed E-state index contributed by atoms with van der Waals surface area (Å²) in [6.45, 7) is -4.94. The average Bonchev–Trinajstić information content (AvgIpc) is 2.67. The SMILES string of the molecule is F[B-](F)(F)c1cc(-c2ccccc2)c[nH]1.[K+]. The van der Waals surface area contributed by atoms with Crippen LogP contribution in [0.1, 0.15) is 0 Å². The van der Waals surface area contributed by atoms with Gasteiger partial charge in [0.25, 0.3) is 0 Å². The molecule has 1 aromatic carbocycles. The number of halogens is 3. The molecule has 0 aliphatic rings. The van der Waals surface area contributed by atoms with E-state index in [0.717, 1.165) is 11.6 Å². The number of rotatable bonds is 2. The van der Waals surface area contributed by atoms with Crippen LogP contribution < -0.4 is 57.0 Å². The molecule has 1 heterocycles. The fourth-order valence-corrected chi connectivity index (χ4v) is 1.40. The molecule has 0 amide bonds. The van der Waals surface area contributed by atoms with Crippen LogP contribution in [0.4, 0.5) is 12.9 Å². The summed E-state index contributed by atoms with van der Waals surface area (Å²) in [5, 5.41) is 0. The van der Waals surface area contributed by atoms with Crippen molar-refractivity contribution in [2.24, 2.45) is 0 Å². The van der Waals surface area contributed by atoms with Gasteiger partial charge in [-0.05, 0) is 16.7 Å². The molecular formula is C10H8BF3KN. The summed E-state index contributed by atoms with van der Waals surface area (Å²) in [5.74, 6) is 0. The Kier molecular flexibility index (Phi) is 4.88. The van der Waals surface area contributed by atoms with E-state index >= 15 is 0 Å². The Balaban J connectivity index is 0.00000128. The van der Waals surface area contributed by atoms with E-state index in [1.54, 1.807) is 24.3 Å². The smallest absolute Gasteiger partial charge is 0.444 e. The Bertz CT molecular complexity index is 453. The second kappa shape index (κ2) is 5.55. The van der Waals surface area contributed by atoms with Gasteiger partial charge in [-0.1, -0.05) is 36.4 Å². The molecule has 0 spiro atoms. The quantitative estimate of drug-likeness (QED) is 0.706. The normalized spacial score (nSPS) is 10.9. The number of aromatic amines is 1. The van der Waals surface area contributed by atoms with Crippen LogP contribution in [0.15, 0.2) is 42.6 Å². The topological polar surface area (TPSA) is 15.8 Å². The van der Waals surface area contributed by atoms with Crippen molar-refractivity contribution in [2.75, 3.05) is 0 Å². The van der Waals surface area contributed by atoms with Gasteiger partial charge in [-0.25, -0.2) is 0 Å². The molecule has 1 N–H and O–H groups in total. The molecule has 0 saturated carbocycles. The monoisotopic (exact) mass is 249 g/mol. The van der Waals surface area contributed by atoms with Crippen molar-refractivity contribution in [3.8, 4) is 11.1 Å². The van der Waals surface area contributed by atoms with E-state index in [0.29, 0.717) is 5.56 Å². The first-order chi connectivity index (χ1) is 7.07. The van der Waals surface area contributed by atoms with Gasteiger partial charge in [0.2, 0.25) is 0 Å².